The van der Waals surface area contributed by atoms with Gasteiger partial charge in [-0.25, -0.2) is 0 Å². The molecule has 0 saturated heterocycles. The van der Waals surface area contributed by atoms with E-state index in [9.17, 15) is 0 Å². The van der Waals surface area contributed by atoms with Gasteiger partial charge in [-0.2, -0.15) is 5.10 Å². The van der Waals surface area contributed by atoms with E-state index in [0.29, 0.717) is 6.04 Å². The van der Waals surface area contributed by atoms with Crippen LogP contribution in [0, 0.1) is 16.6 Å². The second-order valence-electron chi connectivity index (χ2n) is 6.03. The van der Waals surface area contributed by atoms with Crippen molar-refractivity contribution >= 4 is 12.2 Å². The Bertz CT molecular complexity index is 621. The first-order chi connectivity index (χ1) is 9.65. The summed E-state index contributed by atoms with van der Waals surface area (Å²) in [5, 5.41) is 7.39. The van der Waals surface area contributed by atoms with Crippen molar-refractivity contribution in [3.63, 3.8) is 0 Å². The van der Waals surface area contributed by atoms with Crippen LogP contribution in [0.15, 0.2) is 24.5 Å². The molecule has 2 aromatic rings. The highest BCUT2D eigenvalue weighted by molar-refractivity contribution is 7.71. The van der Waals surface area contributed by atoms with E-state index in [1.807, 2.05) is 12.1 Å². The van der Waals surface area contributed by atoms with Gasteiger partial charge in [0.15, 0.2) is 10.6 Å². The quantitative estimate of drug-likeness (QED) is 0.850. The maximum atomic E-state index is 5.46. The molecule has 0 bridgehead atoms. The molecule has 1 fully saturated rings. The highest BCUT2D eigenvalue weighted by atomic mass is 32.1. The van der Waals surface area contributed by atoms with E-state index in [1.54, 1.807) is 12.4 Å². The van der Waals surface area contributed by atoms with Crippen LogP contribution in [0.4, 0.5) is 0 Å². The van der Waals surface area contributed by atoms with Crippen molar-refractivity contribution < 1.29 is 0 Å². The van der Waals surface area contributed by atoms with Gasteiger partial charge in [0.05, 0.1) is 0 Å². The molecule has 1 aliphatic carbocycles. The zero-order valence-electron chi connectivity index (χ0n) is 11.9. The summed E-state index contributed by atoms with van der Waals surface area (Å²) in [4.78, 5) is 4.07. The molecule has 2 atom stereocenters. The molecule has 2 heterocycles. The van der Waals surface area contributed by atoms with Crippen molar-refractivity contribution in [1.29, 1.82) is 0 Å². The van der Waals surface area contributed by atoms with Gasteiger partial charge in [0.1, 0.15) is 0 Å². The maximum Gasteiger partial charge on any atom is 0.195 e. The average Bonchev–Trinajstić information content (AvgIpc) is 2.80. The van der Waals surface area contributed by atoms with Crippen molar-refractivity contribution in [2.75, 3.05) is 0 Å². The van der Waals surface area contributed by atoms with Crippen molar-refractivity contribution in [1.82, 2.24) is 19.7 Å². The number of pyridine rings is 1. The third-order valence-electron chi connectivity index (χ3n) is 4.16. The van der Waals surface area contributed by atoms with Gasteiger partial charge in [-0.3, -0.25) is 14.6 Å². The third-order valence-corrected chi connectivity index (χ3v) is 4.45. The molecular weight excluding hydrogens is 268 g/mol. The van der Waals surface area contributed by atoms with Crippen LogP contribution in [0.2, 0.25) is 0 Å². The van der Waals surface area contributed by atoms with Gasteiger partial charge in [-0.15, -0.1) is 0 Å². The van der Waals surface area contributed by atoms with Crippen molar-refractivity contribution in [2.45, 2.75) is 39.2 Å². The minimum atomic E-state index is 0.447. The Morgan fingerprint density at radius 3 is 2.45 bits per heavy atom. The van der Waals surface area contributed by atoms with Gasteiger partial charge in [-0.05, 0) is 55.4 Å². The molecular formula is C15H20N4S. The second kappa shape index (κ2) is 5.48. The van der Waals surface area contributed by atoms with Crippen molar-refractivity contribution in [2.24, 2.45) is 11.8 Å². The second-order valence-corrected chi connectivity index (χ2v) is 6.42. The molecule has 2 aromatic heterocycles. The summed E-state index contributed by atoms with van der Waals surface area (Å²) >= 11 is 5.46. The molecule has 0 aromatic carbocycles. The molecule has 0 spiro atoms. The van der Waals surface area contributed by atoms with Gasteiger partial charge >= 0.3 is 0 Å². The number of hydrogen-bond acceptors (Lipinski definition) is 3. The van der Waals surface area contributed by atoms with Crippen LogP contribution in [-0.4, -0.2) is 19.7 Å². The molecule has 5 heteroatoms. The maximum absolute atomic E-state index is 5.46. The van der Waals surface area contributed by atoms with E-state index in [1.165, 1.54) is 19.3 Å². The lowest BCUT2D eigenvalue weighted by molar-refractivity contribution is 0.221. The zero-order valence-corrected chi connectivity index (χ0v) is 12.7. The number of H-pyrrole nitrogens is 1. The Morgan fingerprint density at radius 2 is 1.80 bits per heavy atom. The number of nitrogens with one attached hydrogen (secondary N) is 1. The van der Waals surface area contributed by atoms with Crippen LogP contribution in [0.1, 0.15) is 39.2 Å². The first-order valence-corrected chi connectivity index (χ1v) is 7.63. The summed E-state index contributed by atoms with van der Waals surface area (Å²) in [6.45, 7) is 4.66. The summed E-state index contributed by atoms with van der Waals surface area (Å²) in [7, 11) is 0. The smallest absolute Gasteiger partial charge is 0.195 e. The van der Waals surface area contributed by atoms with Crippen LogP contribution in [-0.2, 0) is 0 Å². The third kappa shape index (κ3) is 2.54. The van der Waals surface area contributed by atoms with Gasteiger partial charge < -0.3 is 0 Å². The fourth-order valence-electron chi connectivity index (χ4n) is 3.46. The van der Waals surface area contributed by atoms with E-state index < -0.39 is 0 Å². The molecule has 1 N–H and O–H groups in total. The summed E-state index contributed by atoms with van der Waals surface area (Å²) in [5.41, 5.74) is 1.07. The molecule has 2 unspecified atom stereocenters. The Morgan fingerprint density at radius 1 is 1.15 bits per heavy atom. The molecule has 1 saturated carbocycles. The molecule has 106 valence electrons. The van der Waals surface area contributed by atoms with E-state index in [4.69, 9.17) is 12.2 Å². The highest BCUT2D eigenvalue weighted by Gasteiger charge is 2.27. The van der Waals surface area contributed by atoms with E-state index in [0.717, 1.165) is 28.0 Å². The number of nitrogens with zero attached hydrogens (tertiary/aromatic N) is 3. The van der Waals surface area contributed by atoms with Crippen molar-refractivity contribution in [3.8, 4) is 11.4 Å². The lowest BCUT2D eigenvalue weighted by Crippen LogP contribution is -2.23. The minimum Gasteiger partial charge on any atom is -0.297 e. The fraction of sp³-hybridized carbons (Fsp3) is 0.533. The Labute approximate surface area is 124 Å². The number of rotatable bonds is 2. The number of hydrogen-bond donors (Lipinski definition) is 1. The standard InChI is InChI=1S/C15H20N4S/c1-10-7-11(2)9-13(8-10)19-14(17-18-15(19)20)12-3-5-16-6-4-12/h3-6,10-11,13H,7-9H2,1-2H3,(H,18,20). The minimum absolute atomic E-state index is 0.447. The first-order valence-electron chi connectivity index (χ1n) is 7.22. The molecule has 0 radical (unpaired) electrons. The molecule has 1 aliphatic rings. The summed E-state index contributed by atoms with van der Waals surface area (Å²) in [6.07, 6.45) is 7.26. The van der Waals surface area contributed by atoms with Gasteiger partial charge in [-0.1, -0.05) is 13.8 Å². The highest BCUT2D eigenvalue weighted by Crippen LogP contribution is 2.37. The van der Waals surface area contributed by atoms with Crippen molar-refractivity contribution in [3.05, 3.63) is 29.3 Å². The van der Waals surface area contributed by atoms with Crippen LogP contribution < -0.4 is 0 Å². The Balaban J connectivity index is 2.01. The summed E-state index contributed by atoms with van der Waals surface area (Å²) in [5.74, 6) is 2.42. The Kier molecular flexibility index (Phi) is 3.70. The molecule has 3 rings (SSSR count). The average molecular weight is 288 g/mol. The fourth-order valence-corrected chi connectivity index (χ4v) is 3.74. The lowest BCUT2D eigenvalue weighted by Gasteiger charge is -2.32. The SMILES string of the molecule is CC1CC(C)CC(n2c(-c3ccncc3)n[nH]c2=S)C1. The Hall–Kier alpha value is -1.49. The number of aromatic nitrogens is 4. The van der Waals surface area contributed by atoms with Crippen LogP contribution in [0.3, 0.4) is 0 Å². The lowest BCUT2D eigenvalue weighted by atomic mass is 9.80. The largest absolute Gasteiger partial charge is 0.297 e. The summed E-state index contributed by atoms with van der Waals surface area (Å²) < 4.78 is 2.93. The van der Waals surface area contributed by atoms with Gasteiger partial charge in [0.25, 0.3) is 0 Å². The van der Waals surface area contributed by atoms with Crippen LogP contribution in [0.25, 0.3) is 11.4 Å². The first kappa shape index (κ1) is 13.5. The monoisotopic (exact) mass is 288 g/mol. The topological polar surface area (TPSA) is 46.5 Å². The molecule has 0 aliphatic heterocycles. The molecule has 20 heavy (non-hydrogen) atoms. The summed E-state index contributed by atoms with van der Waals surface area (Å²) in [6, 6.07) is 4.41. The van der Waals surface area contributed by atoms with Crippen LogP contribution in [0.5, 0.6) is 0 Å². The van der Waals surface area contributed by atoms with E-state index in [2.05, 4.69) is 33.6 Å². The predicted octanol–water partition coefficient (Wildman–Crippen LogP) is 4.00. The molecule has 0 amide bonds. The van der Waals surface area contributed by atoms with Gasteiger partial charge in [0.2, 0.25) is 0 Å². The van der Waals surface area contributed by atoms with E-state index >= 15 is 0 Å². The normalized spacial score (nSPS) is 26.6. The predicted molar refractivity (Wildman–Crippen MR) is 81.9 cm³/mol. The van der Waals surface area contributed by atoms with Crippen LogP contribution >= 0.6 is 12.2 Å². The van der Waals surface area contributed by atoms with E-state index in [-0.39, 0.29) is 0 Å². The van der Waals surface area contributed by atoms with Gasteiger partial charge in [0, 0.05) is 24.0 Å². The molecule has 4 nitrogen and oxygen atoms in total. The number of aromatic amines is 1. The zero-order chi connectivity index (χ0) is 14.1.